The van der Waals surface area contributed by atoms with Gasteiger partial charge in [0.05, 0.1) is 0 Å². The molecule has 0 aliphatic carbocycles. The summed E-state index contributed by atoms with van der Waals surface area (Å²) in [7, 11) is 1.92. The van der Waals surface area contributed by atoms with Gasteiger partial charge in [-0.05, 0) is 38.9 Å². The molecule has 1 atom stereocenters. The molecular formula is C16H26N2O. The number of nitrogens with one attached hydrogen (secondary N) is 1. The molecule has 0 bridgehead atoms. The third-order valence-electron chi connectivity index (χ3n) is 3.46. The highest BCUT2D eigenvalue weighted by atomic mass is 16.2. The largest absolute Gasteiger partial charge is 0.336 e. The normalized spacial score (nSPS) is 12.2. The molecule has 1 unspecified atom stereocenters. The highest BCUT2D eigenvalue weighted by Gasteiger charge is 2.18. The minimum absolute atomic E-state index is 0.258. The van der Waals surface area contributed by atoms with E-state index in [2.05, 4.69) is 31.3 Å². The van der Waals surface area contributed by atoms with E-state index in [1.165, 1.54) is 5.56 Å². The van der Waals surface area contributed by atoms with Gasteiger partial charge in [-0.1, -0.05) is 37.3 Å². The fourth-order valence-electron chi connectivity index (χ4n) is 2.05. The standard InChI is InChI=1S/C16H26N2O/c1-4-14(2)18(16(19)11-8-12-17-3)13-15-9-6-5-7-10-15/h5-7,9-10,14,17H,4,8,11-13H2,1-3H3. The van der Waals surface area contributed by atoms with E-state index in [0.717, 1.165) is 19.4 Å². The van der Waals surface area contributed by atoms with Crippen molar-refractivity contribution in [2.24, 2.45) is 0 Å². The summed E-state index contributed by atoms with van der Waals surface area (Å²) in [4.78, 5) is 14.3. The number of amides is 1. The predicted molar refractivity (Wildman–Crippen MR) is 79.9 cm³/mol. The lowest BCUT2D eigenvalue weighted by Crippen LogP contribution is -2.37. The van der Waals surface area contributed by atoms with Crippen molar-refractivity contribution in [2.75, 3.05) is 13.6 Å². The Labute approximate surface area is 117 Å². The number of hydrogen-bond donors (Lipinski definition) is 1. The van der Waals surface area contributed by atoms with E-state index in [-0.39, 0.29) is 5.91 Å². The lowest BCUT2D eigenvalue weighted by molar-refractivity contribution is -0.134. The molecule has 0 heterocycles. The van der Waals surface area contributed by atoms with E-state index in [0.29, 0.717) is 19.0 Å². The Balaban J connectivity index is 2.64. The Hall–Kier alpha value is -1.35. The molecule has 19 heavy (non-hydrogen) atoms. The zero-order valence-electron chi connectivity index (χ0n) is 12.4. The maximum absolute atomic E-state index is 12.3. The molecule has 1 amide bonds. The number of carbonyl (C=O) groups is 1. The molecule has 0 fully saturated rings. The molecule has 1 aromatic rings. The lowest BCUT2D eigenvalue weighted by atomic mass is 10.1. The monoisotopic (exact) mass is 262 g/mol. The zero-order valence-corrected chi connectivity index (χ0v) is 12.4. The summed E-state index contributed by atoms with van der Waals surface area (Å²) in [5, 5.41) is 3.08. The number of rotatable bonds is 8. The highest BCUT2D eigenvalue weighted by molar-refractivity contribution is 5.76. The first-order valence-corrected chi connectivity index (χ1v) is 7.17. The molecule has 0 radical (unpaired) electrons. The Bertz CT molecular complexity index is 364. The second-order valence-corrected chi connectivity index (χ2v) is 4.97. The van der Waals surface area contributed by atoms with Crippen molar-refractivity contribution in [3.63, 3.8) is 0 Å². The fraction of sp³-hybridized carbons (Fsp3) is 0.562. The Kier molecular flexibility index (Phi) is 7.19. The van der Waals surface area contributed by atoms with Gasteiger partial charge < -0.3 is 10.2 Å². The van der Waals surface area contributed by atoms with Crippen LogP contribution in [-0.4, -0.2) is 30.4 Å². The predicted octanol–water partition coefficient (Wildman–Crippen LogP) is 2.81. The third kappa shape index (κ3) is 5.43. The van der Waals surface area contributed by atoms with Crippen molar-refractivity contribution in [1.82, 2.24) is 10.2 Å². The maximum atomic E-state index is 12.3. The van der Waals surface area contributed by atoms with E-state index in [1.807, 2.05) is 30.1 Å². The van der Waals surface area contributed by atoms with Gasteiger partial charge in [0, 0.05) is 19.0 Å². The van der Waals surface area contributed by atoms with E-state index >= 15 is 0 Å². The molecule has 3 nitrogen and oxygen atoms in total. The van der Waals surface area contributed by atoms with Crippen molar-refractivity contribution in [2.45, 2.75) is 45.7 Å². The molecule has 0 saturated carbocycles. The van der Waals surface area contributed by atoms with Gasteiger partial charge in [0.2, 0.25) is 5.91 Å². The van der Waals surface area contributed by atoms with Crippen LogP contribution in [0.15, 0.2) is 30.3 Å². The quantitative estimate of drug-likeness (QED) is 0.731. The molecular weight excluding hydrogens is 236 g/mol. The highest BCUT2D eigenvalue weighted by Crippen LogP contribution is 2.13. The van der Waals surface area contributed by atoms with Crippen LogP contribution in [0.3, 0.4) is 0 Å². The summed E-state index contributed by atoms with van der Waals surface area (Å²) >= 11 is 0. The van der Waals surface area contributed by atoms with Crippen LogP contribution in [0.5, 0.6) is 0 Å². The van der Waals surface area contributed by atoms with Gasteiger partial charge in [-0.25, -0.2) is 0 Å². The first-order chi connectivity index (χ1) is 9.19. The summed E-state index contributed by atoms with van der Waals surface area (Å²) in [5.41, 5.74) is 1.20. The van der Waals surface area contributed by atoms with Gasteiger partial charge in [-0.3, -0.25) is 4.79 Å². The lowest BCUT2D eigenvalue weighted by Gasteiger charge is -2.29. The minimum atomic E-state index is 0.258. The number of carbonyl (C=O) groups excluding carboxylic acids is 1. The van der Waals surface area contributed by atoms with E-state index in [9.17, 15) is 4.79 Å². The molecule has 0 aliphatic rings. The second-order valence-electron chi connectivity index (χ2n) is 4.97. The summed E-state index contributed by atoms with van der Waals surface area (Å²) in [5.74, 6) is 0.258. The topological polar surface area (TPSA) is 32.3 Å². The average Bonchev–Trinajstić information content (AvgIpc) is 2.45. The van der Waals surface area contributed by atoms with Gasteiger partial charge in [-0.2, -0.15) is 0 Å². The SMILES string of the molecule is CCC(C)N(Cc1ccccc1)C(=O)CCCNC. The summed E-state index contributed by atoms with van der Waals surface area (Å²) in [6, 6.07) is 10.5. The Morgan fingerprint density at radius 2 is 2.00 bits per heavy atom. The van der Waals surface area contributed by atoms with Gasteiger partial charge in [0.15, 0.2) is 0 Å². The molecule has 1 N–H and O–H groups in total. The Morgan fingerprint density at radius 1 is 1.32 bits per heavy atom. The van der Waals surface area contributed by atoms with Gasteiger partial charge in [0.25, 0.3) is 0 Å². The summed E-state index contributed by atoms with van der Waals surface area (Å²) in [6.07, 6.45) is 2.51. The smallest absolute Gasteiger partial charge is 0.223 e. The molecule has 0 saturated heterocycles. The van der Waals surface area contributed by atoms with E-state index in [1.54, 1.807) is 0 Å². The van der Waals surface area contributed by atoms with Gasteiger partial charge >= 0.3 is 0 Å². The van der Waals surface area contributed by atoms with Crippen molar-refractivity contribution < 1.29 is 4.79 Å². The molecule has 3 heteroatoms. The van der Waals surface area contributed by atoms with Crippen LogP contribution in [0.1, 0.15) is 38.7 Å². The fourth-order valence-corrected chi connectivity index (χ4v) is 2.05. The van der Waals surface area contributed by atoms with E-state index in [4.69, 9.17) is 0 Å². The van der Waals surface area contributed by atoms with Crippen LogP contribution in [-0.2, 0) is 11.3 Å². The number of benzene rings is 1. The molecule has 0 spiro atoms. The van der Waals surface area contributed by atoms with Crippen LogP contribution in [0, 0.1) is 0 Å². The van der Waals surface area contributed by atoms with Crippen molar-refractivity contribution in [1.29, 1.82) is 0 Å². The van der Waals surface area contributed by atoms with Crippen LogP contribution in [0.2, 0.25) is 0 Å². The van der Waals surface area contributed by atoms with Crippen molar-refractivity contribution in [3.8, 4) is 0 Å². The number of hydrogen-bond acceptors (Lipinski definition) is 2. The van der Waals surface area contributed by atoms with Crippen LogP contribution < -0.4 is 5.32 Å². The average molecular weight is 262 g/mol. The van der Waals surface area contributed by atoms with Crippen LogP contribution >= 0.6 is 0 Å². The molecule has 0 aliphatic heterocycles. The van der Waals surface area contributed by atoms with E-state index < -0.39 is 0 Å². The first kappa shape index (κ1) is 15.7. The Morgan fingerprint density at radius 3 is 2.58 bits per heavy atom. The van der Waals surface area contributed by atoms with Crippen molar-refractivity contribution in [3.05, 3.63) is 35.9 Å². The molecule has 106 valence electrons. The van der Waals surface area contributed by atoms with Crippen molar-refractivity contribution >= 4 is 5.91 Å². The minimum Gasteiger partial charge on any atom is -0.336 e. The third-order valence-corrected chi connectivity index (χ3v) is 3.46. The maximum Gasteiger partial charge on any atom is 0.223 e. The molecule has 1 aromatic carbocycles. The zero-order chi connectivity index (χ0) is 14.1. The van der Waals surface area contributed by atoms with Gasteiger partial charge in [-0.15, -0.1) is 0 Å². The summed E-state index contributed by atoms with van der Waals surface area (Å²) < 4.78 is 0. The van der Waals surface area contributed by atoms with Crippen LogP contribution in [0.4, 0.5) is 0 Å². The van der Waals surface area contributed by atoms with Crippen LogP contribution in [0.25, 0.3) is 0 Å². The summed E-state index contributed by atoms with van der Waals surface area (Å²) in [6.45, 7) is 5.86. The van der Waals surface area contributed by atoms with Gasteiger partial charge in [0.1, 0.15) is 0 Å². The number of nitrogens with zero attached hydrogens (tertiary/aromatic N) is 1. The molecule has 1 rings (SSSR count). The molecule has 0 aromatic heterocycles. The first-order valence-electron chi connectivity index (χ1n) is 7.17. The second kappa shape index (κ2) is 8.70.